The fraction of sp³-hybridized carbons (Fsp3) is 0.182. The minimum atomic E-state index is 0. The molecule has 0 atom stereocenters. The zero-order chi connectivity index (χ0) is 8.39. The molecule has 0 unspecified atom stereocenters. The second-order valence-electron chi connectivity index (χ2n) is 2.92. The fourth-order valence-corrected chi connectivity index (χ4v) is 1.37. The number of fused-ring (bicyclic) bond motifs is 1. The molecule has 0 radical (unpaired) electrons. The molecule has 0 saturated carbocycles. The van der Waals surface area contributed by atoms with E-state index in [1.54, 1.807) is 0 Å². The molecule has 0 aliphatic rings. The average Bonchev–Trinajstić information content (AvgIpc) is 2.17. The summed E-state index contributed by atoms with van der Waals surface area (Å²) >= 11 is 0. The van der Waals surface area contributed by atoms with Crippen molar-refractivity contribution in [1.29, 1.82) is 0 Å². The third-order valence-corrected chi connectivity index (χ3v) is 2.10. The van der Waals surface area contributed by atoms with Crippen LogP contribution in [0, 0.1) is 0 Å². The maximum absolute atomic E-state index is 3.38. The van der Waals surface area contributed by atoms with Gasteiger partial charge in [-0.25, -0.2) is 0 Å². The predicted octanol–water partition coefficient (Wildman–Crippen LogP) is 0.0154. The Kier molecular flexibility index (Phi) is 3.66. The lowest BCUT2D eigenvalue weighted by Crippen LogP contribution is -3.00. The number of halogens is 1. The molecule has 2 aromatic rings. The molecule has 2 heteroatoms. The first-order chi connectivity index (χ1) is 5.90. The highest BCUT2D eigenvalue weighted by atomic mass is 127. The highest BCUT2D eigenvalue weighted by Crippen LogP contribution is 2.11. The molecule has 1 aromatic heterocycles. The van der Waals surface area contributed by atoms with Crippen molar-refractivity contribution in [2.24, 2.45) is 0 Å². The van der Waals surface area contributed by atoms with Crippen LogP contribution in [-0.2, 0) is 6.42 Å². The lowest BCUT2D eigenvalue weighted by atomic mass is 10.2. The number of aryl methyl sites for hydroxylation is 1. The van der Waals surface area contributed by atoms with Crippen LogP contribution in [0.2, 0.25) is 0 Å². The van der Waals surface area contributed by atoms with Crippen LogP contribution in [-0.4, -0.2) is 4.98 Å². The van der Waals surface area contributed by atoms with Gasteiger partial charge in [-0.05, 0) is 19.1 Å². The molecule has 0 amide bonds. The molecule has 0 aliphatic heterocycles. The van der Waals surface area contributed by atoms with Crippen LogP contribution in [0.3, 0.4) is 0 Å². The fourth-order valence-electron chi connectivity index (χ4n) is 1.37. The summed E-state index contributed by atoms with van der Waals surface area (Å²) in [5.74, 6) is 0. The first-order valence-electron chi connectivity index (χ1n) is 4.30. The van der Waals surface area contributed by atoms with E-state index < -0.39 is 0 Å². The van der Waals surface area contributed by atoms with Crippen LogP contribution in [0.1, 0.15) is 12.6 Å². The summed E-state index contributed by atoms with van der Waals surface area (Å²) in [7, 11) is 0. The minimum Gasteiger partial charge on any atom is -1.00 e. The SMILES string of the molecule is CC[c+]1ccc2ccccc2[nH]1.[I-]. The van der Waals surface area contributed by atoms with E-state index in [4.69, 9.17) is 0 Å². The van der Waals surface area contributed by atoms with E-state index >= 15 is 0 Å². The number of hydrogen-bond donors (Lipinski definition) is 1. The van der Waals surface area contributed by atoms with Gasteiger partial charge in [0.05, 0.1) is 6.07 Å². The Labute approximate surface area is 95.2 Å². The smallest absolute Gasteiger partial charge is 0.148 e. The molecule has 13 heavy (non-hydrogen) atoms. The monoisotopic (exact) mass is 285 g/mol. The number of H-pyrrole nitrogens is 1. The molecule has 1 nitrogen and oxygen atoms in total. The average molecular weight is 285 g/mol. The number of nitrogens with one attached hydrogen (secondary N) is 1. The molecule has 0 aliphatic carbocycles. The van der Waals surface area contributed by atoms with E-state index in [1.807, 2.05) is 0 Å². The number of aromatic amines is 1. The van der Waals surface area contributed by atoms with Gasteiger partial charge in [-0.3, -0.25) is 4.98 Å². The van der Waals surface area contributed by atoms with Gasteiger partial charge >= 0.3 is 0 Å². The predicted molar refractivity (Wildman–Crippen MR) is 52.1 cm³/mol. The van der Waals surface area contributed by atoms with Crippen molar-refractivity contribution in [2.45, 2.75) is 13.3 Å². The van der Waals surface area contributed by atoms with Crippen molar-refractivity contribution in [3.8, 4) is 0 Å². The summed E-state index contributed by atoms with van der Waals surface area (Å²) in [5, 5.41) is 1.27. The van der Waals surface area contributed by atoms with E-state index in [0.717, 1.165) is 6.42 Å². The van der Waals surface area contributed by atoms with Crippen LogP contribution in [0.5, 0.6) is 0 Å². The van der Waals surface area contributed by atoms with E-state index in [-0.39, 0.29) is 24.0 Å². The minimum absolute atomic E-state index is 0. The lowest BCUT2D eigenvalue weighted by Gasteiger charge is -1.92. The van der Waals surface area contributed by atoms with Crippen molar-refractivity contribution >= 4 is 10.9 Å². The molecule has 0 spiro atoms. The summed E-state index contributed by atoms with van der Waals surface area (Å²) in [6.07, 6.45) is 1.06. The van der Waals surface area contributed by atoms with Gasteiger partial charge in [-0.2, -0.15) is 0 Å². The molecular weight excluding hydrogens is 273 g/mol. The van der Waals surface area contributed by atoms with Gasteiger partial charge < -0.3 is 24.0 Å². The quantitative estimate of drug-likeness (QED) is 0.561. The molecule has 68 valence electrons. The van der Waals surface area contributed by atoms with Gasteiger partial charge in [0.2, 0.25) is 0 Å². The van der Waals surface area contributed by atoms with Crippen LogP contribution in [0.4, 0.5) is 0 Å². The number of benzene rings is 1. The first-order valence-corrected chi connectivity index (χ1v) is 4.30. The Morgan fingerprint density at radius 2 is 2.00 bits per heavy atom. The molecule has 1 heterocycles. The van der Waals surface area contributed by atoms with Gasteiger partial charge in [0, 0.05) is 18.6 Å². The maximum Gasteiger partial charge on any atom is 0.148 e. The van der Waals surface area contributed by atoms with Crippen LogP contribution >= 0.6 is 0 Å². The third kappa shape index (κ3) is 2.18. The molecule has 1 aromatic carbocycles. The summed E-state index contributed by atoms with van der Waals surface area (Å²) in [5.41, 5.74) is 2.51. The van der Waals surface area contributed by atoms with Gasteiger partial charge in [0.1, 0.15) is 16.6 Å². The highest BCUT2D eigenvalue weighted by Gasteiger charge is 2.00. The number of rotatable bonds is 1. The first kappa shape index (κ1) is 10.4. The van der Waals surface area contributed by atoms with Crippen molar-refractivity contribution in [3.63, 3.8) is 0 Å². The Hall–Kier alpha value is -0.640. The van der Waals surface area contributed by atoms with E-state index in [2.05, 4.69) is 48.3 Å². The van der Waals surface area contributed by atoms with E-state index in [1.165, 1.54) is 16.6 Å². The summed E-state index contributed by atoms with van der Waals surface area (Å²) < 4.78 is 0. The van der Waals surface area contributed by atoms with E-state index in [0.29, 0.717) is 0 Å². The van der Waals surface area contributed by atoms with Crippen LogP contribution < -0.4 is 24.0 Å². The van der Waals surface area contributed by atoms with Gasteiger partial charge in [0.25, 0.3) is 0 Å². The molecule has 0 fully saturated rings. The maximum atomic E-state index is 3.38. The Morgan fingerprint density at radius 3 is 2.77 bits per heavy atom. The summed E-state index contributed by atoms with van der Waals surface area (Å²) in [6, 6.07) is 12.6. The topological polar surface area (TPSA) is 15.8 Å². The van der Waals surface area contributed by atoms with Crippen molar-refractivity contribution in [2.75, 3.05) is 0 Å². The Balaban J connectivity index is 0.000000845. The van der Waals surface area contributed by atoms with Crippen LogP contribution in [0.15, 0.2) is 36.4 Å². The van der Waals surface area contributed by atoms with Crippen molar-refractivity contribution in [1.82, 2.24) is 4.98 Å². The van der Waals surface area contributed by atoms with Gasteiger partial charge in [0.15, 0.2) is 0 Å². The summed E-state index contributed by atoms with van der Waals surface area (Å²) in [6.45, 7) is 2.15. The normalized spacial score (nSPS) is 9.62. The van der Waals surface area contributed by atoms with Crippen molar-refractivity contribution in [3.05, 3.63) is 42.1 Å². The Bertz CT molecular complexity index is 398. The number of aromatic nitrogens is 1. The number of para-hydroxylation sites is 1. The lowest BCUT2D eigenvalue weighted by molar-refractivity contribution is -0.00000251. The zero-order valence-electron chi connectivity index (χ0n) is 7.55. The van der Waals surface area contributed by atoms with E-state index in [9.17, 15) is 0 Å². The van der Waals surface area contributed by atoms with Gasteiger partial charge in [-0.1, -0.05) is 6.07 Å². The molecular formula is C11H12IN. The summed E-state index contributed by atoms with van der Waals surface area (Å²) in [4.78, 5) is 3.38. The van der Waals surface area contributed by atoms with Crippen molar-refractivity contribution < 1.29 is 24.0 Å². The molecule has 0 bridgehead atoms. The second kappa shape index (κ2) is 4.56. The molecule has 1 N–H and O–H groups in total. The van der Waals surface area contributed by atoms with Gasteiger partial charge in [-0.15, -0.1) is 0 Å². The zero-order valence-corrected chi connectivity index (χ0v) is 9.71. The number of hydrogen-bond acceptors (Lipinski definition) is 0. The molecule has 0 saturated heterocycles. The second-order valence-corrected chi connectivity index (χ2v) is 2.92. The highest BCUT2D eigenvalue weighted by molar-refractivity contribution is 5.78. The standard InChI is InChI=1S/C11H12N.HI/c1-2-10-8-7-9-5-3-4-6-11(9)12-10;/h3-8,12H,2H2,1H3;1H/q+1;/p-1. The largest absolute Gasteiger partial charge is 1.00 e. The van der Waals surface area contributed by atoms with Crippen LogP contribution in [0.25, 0.3) is 10.9 Å². The third-order valence-electron chi connectivity index (χ3n) is 2.10. The number of pyridine rings is 1. The molecule has 2 rings (SSSR count). The Morgan fingerprint density at radius 1 is 1.23 bits per heavy atom.